The van der Waals surface area contributed by atoms with Crippen LogP contribution in [-0.2, 0) is 4.74 Å². The molecular weight excluding hydrogens is 230 g/mol. The van der Waals surface area contributed by atoms with Crippen LogP contribution in [0, 0.1) is 0 Å². The van der Waals surface area contributed by atoms with Crippen molar-refractivity contribution < 1.29 is 4.74 Å². The summed E-state index contributed by atoms with van der Waals surface area (Å²) < 4.78 is 5.57. The molecule has 1 aromatic heterocycles. The van der Waals surface area contributed by atoms with Crippen LogP contribution in [0.3, 0.4) is 0 Å². The molecule has 1 aliphatic heterocycles. The Bertz CT molecular complexity index is 483. The number of hydrogen-bond donors (Lipinski definition) is 2. The number of aromatic nitrogens is 2. The Labute approximate surface area is 107 Å². The lowest BCUT2D eigenvalue weighted by Crippen LogP contribution is -2.41. The van der Waals surface area contributed by atoms with E-state index in [0.717, 1.165) is 13.0 Å². The second kappa shape index (κ2) is 4.72. The third-order valence-electron chi connectivity index (χ3n) is 3.61. The standard InChI is InChI=1S/C13H21N3O2/c1-8(2)12-14-10(7-11(17)15-12)16-13(4)5-6-18-9(13)3/h7-9H,5-6H2,1-4H3,(H2,14,15,16,17). The van der Waals surface area contributed by atoms with Crippen molar-refractivity contribution in [2.75, 3.05) is 11.9 Å². The van der Waals surface area contributed by atoms with Crippen LogP contribution in [0.5, 0.6) is 0 Å². The summed E-state index contributed by atoms with van der Waals surface area (Å²) in [7, 11) is 0. The Hall–Kier alpha value is -1.36. The third-order valence-corrected chi connectivity index (χ3v) is 3.61. The summed E-state index contributed by atoms with van der Waals surface area (Å²) in [5.74, 6) is 1.53. The van der Waals surface area contributed by atoms with Gasteiger partial charge in [-0.15, -0.1) is 0 Å². The molecule has 0 spiro atoms. The fraction of sp³-hybridized carbons (Fsp3) is 0.692. The van der Waals surface area contributed by atoms with Crippen LogP contribution >= 0.6 is 0 Å². The Balaban J connectivity index is 2.26. The quantitative estimate of drug-likeness (QED) is 0.860. The first kappa shape index (κ1) is 13.1. The first-order valence-corrected chi connectivity index (χ1v) is 6.42. The van der Waals surface area contributed by atoms with E-state index in [4.69, 9.17) is 4.74 Å². The van der Waals surface area contributed by atoms with Crippen molar-refractivity contribution in [2.24, 2.45) is 0 Å². The maximum Gasteiger partial charge on any atom is 0.252 e. The molecule has 0 aromatic carbocycles. The van der Waals surface area contributed by atoms with Crippen molar-refractivity contribution >= 4 is 5.82 Å². The van der Waals surface area contributed by atoms with E-state index in [-0.39, 0.29) is 23.1 Å². The molecule has 5 heteroatoms. The first-order valence-electron chi connectivity index (χ1n) is 6.42. The Morgan fingerprint density at radius 1 is 1.61 bits per heavy atom. The number of H-pyrrole nitrogens is 1. The second-order valence-electron chi connectivity index (χ2n) is 5.48. The summed E-state index contributed by atoms with van der Waals surface area (Å²) in [4.78, 5) is 18.8. The van der Waals surface area contributed by atoms with Crippen LogP contribution in [0.2, 0.25) is 0 Å². The van der Waals surface area contributed by atoms with Gasteiger partial charge in [0, 0.05) is 18.6 Å². The summed E-state index contributed by atoms with van der Waals surface area (Å²) in [6, 6.07) is 1.50. The molecule has 2 heterocycles. The summed E-state index contributed by atoms with van der Waals surface area (Å²) in [6.45, 7) is 8.89. The van der Waals surface area contributed by atoms with Crippen LogP contribution in [0.25, 0.3) is 0 Å². The Kier molecular flexibility index (Phi) is 3.43. The maximum absolute atomic E-state index is 11.6. The van der Waals surface area contributed by atoms with E-state index in [1.807, 2.05) is 20.8 Å². The third kappa shape index (κ3) is 2.56. The highest BCUT2D eigenvalue weighted by atomic mass is 16.5. The average molecular weight is 251 g/mol. The molecule has 1 fully saturated rings. The van der Waals surface area contributed by atoms with Crippen LogP contribution in [0.15, 0.2) is 10.9 Å². The molecule has 1 saturated heterocycles. The smallest absolute Gasteiger partial charge is 0.252 e. The Morgan fingerprint density at radius 3 is 2.89 bits per heavy atom. The van der Waals surface area contributed by atoms with E-state index in [1.54, 1.807) is 0 Å². The number of hydrogen-bond acceptors (Lipinski definition) is 4. The molecule has 1 aliphatic rings. The van der Waals surface area contributed by atoms with Gasteiger partial charge in [0.1, 0.15) is 11.6 Å². The van der Waals surface area contributed by atoms with Crippen molar-refractivity contribution in [1.82, 2.24) is 9.97 Å². The summed E-state index contributed by atoms with van der Waals surface area (Å²) in [5.41, 5.74) is -0.277. The maximum atomic E-state index is 11.6. The molecule has 100 valence electrons. The van der Waals surface area contributed by atoms with Crippen LogP contribution < -0.4 is 10.9 Å². The number of ether oxygens (including phenoxy) is 1. The van der Waals surface area contributed by atoms with E-state index in [1.165, 1.54) is 6.07 Å². The minimum atomic E-state index is -0.158. The average Bonchev–Trinajstić information content (AvgIpc) is 2.58. The van der Waals surface area contributed by atoms with Gasteiger partial charge < -0.3 is 15.0 Å². The molecule has 0 saturated carbocycles. The van der Waals surface area contributed by atoms with Crippen molar-refractivity contribution in [3.8, 4) is 0 Å². The highest BCUT2D eigenvalue weighted by molar-refractivity contribution is 5.38. The van der Waals surface area contributed by atoms with Gasteiger partial charge in [-0.2, -0.15) is 0 Å². The second-order valence-corrected chi connectivity index (χ2v) is 5.48. The van der Waals surface area contributed by atoms with Gasteiger partial charge in [-0.05, 0) is 20.3 Å². The fourth-order valence-corrected chi connectivity index (χ4v) is 2.11. The SMILES string of the molecule is CC(C)c1nc(NC2(C)CCOC2C)cc(=O)[nH]1. The van der Waals surface area contributed by atoms with Gasteiger partial charge in [-0.3, -0.25) is 4.79 Å². The molecule has 0 amide bonds. The highest BCUT2D eigenvalue weighted by Gasteiger charge is 2.37. The van der Waals surface area contributed by atoms with Crippen molar-refractivity contribution in [3.05, 3.63) is 22.2 Å². The number of aromatic amines is 1. The van der Waals surface area contributed by atoms with E-state index in [2.05, 4.69) is 22.2 Å². The number of nitrogens with zero attached hydrogens (tertiary/aromatic N) is 1. The predicted octanol–water partition coefficient (Wildman–Crippen LogP) is 1.87. The molecule has 0 bridgehead atoms. The van der Waals surface area contributed by atoms with Gasteiger partial charge >= 0.3 is 0 Å². The van der Waals surface area contributed by atoms with Crippen LogP contribution in [0.4, 0.5) is 5.82 Å². The van der Waals surface area contributed by atoms with Gasteiger partial charge in [0.2, 0.25) is 0 Å². The normalized spacial score (nSPS) is 27.7. The number of nitrogens with one attached hydrogen (secondary N) is 2. The number of anilines is 1. The van der Waals surface area contributed by atoms with Gasteiger partial charge in [-0.25, -0.2) is 4.98 Å². The lowest BCUT2D eigenvalue weighted by atomic mass is 9.95. The molecule has 0 aliphatic carbocycles. The van der Waals surface area contributed by atoms with Gasteiger partial charge in [0.15, 0.2) is 0 Å². The molecule has 18 heavy (non-hydrogen) atoms. The lowest BCUT2D eigenvalue weighted by molar-refractivity contribution is 0.105. The van der Waals surface area contributed by atoms with Gasteiger partial charge in [0.25, 0.3) is 5.56 Å². The molecule has 5 nitrogen and oxygen atoms in total. The molecule has 1 aromatic rings. The summed E-state index contributed by atoms with van der Waals surface area (Å²) in [6.07, 6.45) is 1.03. The molecular formula is C13H21N3O2. The minimum Gasteiger partial charge on any atom is -0.376 e. The van der Waals surface area contributed by atoms with Crippen molar-refractivity contribution in [3.63, 3.8) is 0 Å². The van der Waals surface area contributed by atoms with E-state index >= 15 is 0 Å². The molecule has 2 rings (SSSR count). The summed E-state index contributed by atoms with van der Waals surface area (Å²) in [5, 5.41) is 3.35. The molecule has 2 N–H and O–H groups in total. The molecule has 2 unspecified atom stereocenters. The highest BCUT2D eigenvalue weighted by Crippen LogP contribution is 2.28. The van der Waals surface area contributed by atoms with E-state index in [0.29, 0.717) is 11.6 Å². The van der Waals surface area contributed by atoms with Gasteiger partial charge in [0.05, 0.1) is 11.6 Å². The van der Waals surface area contributed by atoms with Gasteiger partial charge in [-0.1, -0.05) is 13.8 Å². The fourth-order valence-electron chi connectivity index (χ4n) is 2.11. The first-order chi connectivity index (χ1) is 8.40. The van der Waals surface area contributed by atoms with Crippen molar-refractivity contribution in [2.45, 2.75) is 51.7 Å². The Morgan fingerprint density at radius 2 is 2.33 bits per heavy atom. The monoisotopic (exact) mass is 251 g/mol. The molecule has 0 radical (unpaired) electrons. The topological polar surface area (TPSA) is 67.0 Å². The number of rotatable bonds is 3. The largest absolute Gasteiger partial charge is 0.376 e. The lowest BCUT2D eigenvalue weighted by Gasteiger charge is -2.29. The predicted molar refractivity (Wildman–Crippen MR) is 71.0 cm³/mol. The van der Waals surface area contributed by atoms with Crippen molar-refractivity contribution in [1.29, 1.82) is 0 Å². The zero-order chi connectivity index (χ0) is 13.3. The molecule has 2 atom stereocenters. The minimum absolute atomic E-state index is 0.112. The zero-order valence-corrected chi connectivity index (χ0v) is 11.4. The zero-order valence-electron chi connectivity index (χ0n) is 11.4. The van der Waals surface area contributed by atoms with Crippen LogP contribution in [0.1, 0.15) is 45.9 Å². The van der Waals surface area contributed by atoms with Crippen LogP contribution in [-0.4, -0.2) is 28.2 Å². The van der Waals surface area contributed by atoms with E-state index < -0.39 is 0 Å². The van der Waals surface area contributed by atoms with E-state index in [9.17, 15) is 4.79 Å². The summed E-state index contributed by atoms with van der Waals surface area (Å²) >= 11 is 0.